The zero-order valence-electron chi connectivity index (χ0n) is 12.6. The average molecular weight is 308 g/mol. The monoisotopic (exact) mass is 308 g/mol. The van der Waals surface area contributed by atoms with E-state index in [1.807, 2.05) is 0 Å². The first-order valence-electron chi connectivity index (χ1n) is 7.70. The van der Waals surface area contributed by atoms with Gasteiger partial charge in [0.25, 0.3) is 0 Å². The molecule has 0 radical (unpaired) electrons. The predicted molar refractivity (Wildman–Crippen MR) is 84.9 cm³/mol. The van der Waals surface area contributed by atoms with Gasteiger partial charge in [-0.3, -0.25) is 4.90 Å². The molecule has 1 aliphatic heterocycles. The number of nitrogens with two attached hydrogens (primary N) is 1. The van der Waals surface area contributed by atoms with E-state index >= 15 is 0 Å². The molecule has 2 atom stereocenters. The Labute approximate surface area is 127 Å². The van der Waals surface area contributed by atoms with Crippen LogP contribution in [0.1, 0.15) is 30.4 Å². The number of benzene rings is 1. The Morgan fingerprint density at radius 1 is 1.38 bits per heavy atom. The highest BCUT2D eigenvalue weighted by Crippen LogP contribution is 2.41. The highest BCUT2D eigenvalue weighted by atomic mass is 32.2. The molecule has 21 heavy (non-hydrogen) atoms. The van der Waals surface area contributed by atoms with Crippen molar-refractivity contribution in [2.75, 3.05) is 25.1 Å². The molecule has 1 aromatic rings. The van der Waals surface area contributed by atoms with Crippen molar-refractivity contribution in [3.8, 4) is 0 Å². The van der Waals surface area contributed by atoms with E-state index in [2.05, 4.69) is 36.2 Å². The average Bonchev–Trinajstić information content (AvgIpc) is 2.86. The summed E-state index contributed by atoms with van der Waals surface area (Å²) >= 11 is 0. The summed E-state index contributed by atoms with van der Waals surface area (Å²) in [5.41, 5.74) is 8.65. The van der Waals surface area contributed by atoms with Crippen LogP contribution in [0.15, 0.2) is 24.3 Å². The van der Waals surface area contributed by atoms with E-state index in [9.17, 15) is 8.42 Å². The molecule has 0 amide bonds. The van der Waals surface area contributed by atoms with E-state index in [-0.39, 0.29) is 17.3 Å². The molecule has 0 saturated carbocycles. The molecule has 2 aliphatic rings. The summed E-state index contributed by atoms with van der Waals surface area (Å²) in [5, 5.41) is 0. The lowest BCUT2D eigenvalue weighted by molar-refractivity contribution is 0.0681. The molecule has 4 nitrogen and oxygen atoms in total. The highest BCUT2D eigenvalue weighted by molar-refractivity contribution is 7.91. The minimum atomic E-state index is -2.87. The molecule has 0 bridgehead atoms. The molecule has 2 unspecified atom stereocenters. The number of fused-ring (bicyclic) bond motifs is 1. The summed E-state index contributed by atoms with van der Waals surface area (Å²) in [7, 11) is -0.818. The maximum absolute atomic E-state index is 11.8. The van der Waals surface area contributed by atoms with Crippen molar-refractivity contribution in [3.63, 3.8) is 0 Å². The van der Waals surface area contributed by atoms with Crippen LogP contribution in [0.4, 0.5) is 0 Å². The van der Waals surface area contributed by atoms with Gasteiger partial charge in [-0.05, 0) is 43.9 Å². The summed E-state index contributed by atoms with van der Waals surface area (Å²) < 4.78 is 23.6. The van der Waals surface area contributed by atoms with Crippen molar-refractivity contribution in [1.82, 2.24) is 4.90 Å². The van der Waals surface area contributed by atoms with E-state index in [4.69, 9.17) is 5.73 Å². The smallest absolute Gasteiger partial charge is 0.151 e. The van der Waals surface area contributed by atoms with Crippen LogP contribution in [-0.4, -0.2) is 44.5 Å². The Balaban J connectivity index is 1.98. The van der Waals surface area contributed by atoms with Crippen LogP contribution < -0.4 is 5.73 Å². The van der Waals surface area contributed by atoms with Gasteiger partial charge in [0.05, 0.1) is 17.0 Å². The zero-order valence-corrected chi connectivity index (χ0v) is 13.4. The zero-order chi connectivity index (χ0) is 15.1. The van der Waals surface area contributed by atoms with Gasteiger partial charge in [-0.15, -0.1) is 0 Å². The first kappa shape index (κ1) is 15.0. The van der Waals surface area contributed by atoms with Crippen molar-refractivity contribution in [3.05, 3.63) is 35.4 Å². The second-order valence-electron chi connectivity index (χ2n) is 6.41. The van der Waals surface area contributed by atoms with Crippen LogP contribution >= 0.6 is 0 Å². The molecule has 1 aliphatic carbocycles. The van der Waals surface area contributed by atoms with E-state index in [1.54, 1.807) is 0 Å². The Morgan fingerprint density at radius 3 is 2.81 bits per heavy atom. The second-order valence-corrected chi connectivity index (χ2v) is 8.64. The van der Waals surface area contributed by atoms with E-state index in [0.29, 0.717) is 12.3 Å². The molecule has 0 aromatic heterocycles. The summed E-state index contributed by atoms with van der Waals surface area (Å²) in [6.45, 7) is 0.539. The Kier molecular flexibility index (Phi) is 3.84. The third-order valence-electron chi connectivity index (χ3n) is 5.32. The van der Waals surface area contributed by atoms with Gasteiger partial charge in [0.2, 0.25) is 0 Å². The molecule has 2 N–H and O–H groups in total. The number of nitrogens with zero attached hydrogens (tertiary/aromatic N) is 1. The molecular formula is C16H24N2O2S. The van der Waals surface area contributed by atoms with Gasteiger partial charge in [-0.1, -0.05) is 24.3 Å². The molecule has 1 saturated heterocycles. The minimum absolute atomic E-state index is 0.0877. The van der Waals surface area contributed by atoms with Crippen LogP contribution in [0.3, 0.4) is 0 Å². The number of hydrogen-bond acceptors (Lipinski definition) is 4. The largest absolute Gasteiger partial charge is 0.328 e. The Bertz CT molecular complexity index is 629. The standard InChI is InChI=1S/C16H24N2O2S/c1-18(14-8-10-21(19,20)11-14)16(12-17)9-4-6-13-5-2-3-7-15(13)16/h2-3,5,7,14H,4,6,8-12,17H2,1H3. The lowest BCUT2D eigenvalue weighted by atomic mass is 9.75. The van der Waals surface area contributed by atoms with E-state index in [0.717, 1.165) is 25.7 Å². The molecule has 3 rings (SSSR count). The fourth-order valence-corrected chi connectivity index (χ4v) is 5.83. The first-order valence-corrected chi connectivity index (χ1v) is 9.52. The Hall–Kier alpha value is -0.910. The first-order chi connectivity index (χ1) is 9.98. The molecule has 1 fully saturated rings. The number of hydrogen-bond donors (Lipinski definition) is 1. The molecule has 116 valence electrons. The van der Waals surface area contributed by atoms with Gasteiger partial charge in [0.15, 0.2) is 9.84 Å². The SMILES string of the molecule is CN(C1CCS(=O)(=O)C1)C1(CN)CCCc2ccccc21. The van der Waals surface area contributed by atoms with E-state index in [1.165, 1.54) is 11.1 Å². The van der Waals surface area contributed by atoms with Crippen molar-refractivity contribution in [2.24, 2.45) is 5.73 Å². The van der Waals surface area contributed by atoms with Crippen LogP contribution in [0.5, 0.6) is 0 Å². The van der Waals surface area contributed by atoms with Crippen molar-refractivity contribution >= 4 is 9.84 Å². The van der Waals surface area contributed by atoms with Crippen LogP contribution in [0.2, 0.25) is 0 Å². The Morgan fingerprint density at radius 2 is 2.14 bits per heavy atom. The van der Waals surface area contributed by atoms with Crippen molar-refractivity contribution < 1.29 is 8.42 Å². The molecule has 1 aromatic carbocycles. The van der Waals surface area contributed by atoms with Gasteiger partial charge in [0, 0.05) is 12.6 Å². The number of likely N-dealkylation sites (N-methyl/N-ethyl adjacent to an activating group) is 1. The third kappa shape index (κ3) is 2.51. The topological polar surface area (TPSA) is 63.4 Å². The fraction of sp³-hybridized carbons (Fsp3) is 0.625. The lowest BCUT2D eigenvalue weighted by Gasteiger charge is -2.47. The number of aryl methyl sites for hydroxylation is 1. The van der Waals surface area contributed by atoms with Crippen LogP contribution in [0, 0.1) is 0 Å². The van der Waals surface area contributed by atoms with Crippen molar-refractivity contribution in [1.29, 1.82) is 0 Å². The second kappa shape index (κ2) is 5.38. The van der Waals surface area contributed by atoms with Crippen LogP contribution in [0.25, 0.3) is 0 Å². The number of sulfone groups is 1. The normalized spacial score (nSPS) is 31.3. The minimum Gasteiger partial charge on any atom is -0.328 e. The van der Waals surface area contributed by atoms with E-state index < -0.39 is 9.84 Å². The van der Waals surface area contributed by atoms with Gasteiger partial charge in [-0.2, -0.15) is 0 Å². The van der Waals surface area contributed by atoms with Crippen LogP contribution in [-0.2, 0) is 21.8 Å². The molecular weight excluding hydrogens is 284 g/mol. The maximum Gasteiger partial charge on any atom is 0.151 e. The molecule has 5 heteroatoms. The summed E-state index contributed by atoms with van der Waals surface area (Å²) in [6, 6.07) is 8.57. The molecule has 1 heterocycles. The van der Waals surface area contributed by atoms with Crippen molar-refractivity contribution in [2.45, 2.75) is 37.3 Å². The fourth-order valence-electron chi connectivity index (χ4n) is 4.05. The highest BCUT2D eigenvalue weighted by Gasteiger charge is 2.44. The third-order valence-corrected chi connectivity index (χ3v) is 7.07. The quantitative estimate of drug-likeness (QED) is 0.914. The number of rotatable bonds is 3. The summed E-state index contributed by atoms with van der Waals surface area (Å²) in [4.78, 5) is 2.26. The lowest BCUT2D eigenvalue weighted by Crippen LogP contribution is -2.55. The van der Waals surface area contributed by atoms with Gasteiger partial charge < -0.3 is 5.73 Å². The molecule has 0 spiro atoms. The van der Waals surface area contributed by atoms with Gasteiger partial charge >= 0.3 is 0 Å². The maximum atomic E-state index is 11.8. The summed E-state index contributed by atoms with van der Waals surface area (Å²) in [6.07, 6.45) is 3.93. The van der Waals surface area contributed by atoms with Gasteiger partial charge in [0.1, 0.15) is 0 Å². The van der Waals surface area contributed by atoms with Gasteiger partial charge in [-0.25, -0.2) is 8.42 Å². The predicted octanol–water partition coefficient (Wildman–Crippen LogP) is 1.30. The summed E-state index contributed by atoms with van der Waals surface area (Å²) in [5.74, 6) is 0.581.